The highest BCUT2D eigenvalue weighted by molar-refractivity contribution is 5.40. The van der Waals surface area contributed by atoms with Crippen LogP contribution in [-0.2, 0) is 6.54 Å². The smallest absolute Gasteiger partial charge is 0.127 e. The van der Waals surface area contributed by atoms with Crippen molar-refractivity contribution in [2.45, 2.75) is 25.8 Å². The Bertz CT molecular complexity index is 551. The largest absolute Gasteiger partial charge is 0.497 e. The Balaban J connectivity index is 1.49. The maximum absolute atomic E-state index is 5.53. The summed E-state index contributed by atoms with van der Waals surface area (Å²) in [5.41, 5.74) is 1.24. The maximum atomic E-state index is 5.53. The average molecular weight is 330 g/mol. The Morgan fingerprint density at radius 2 is 1.79 bits per heavy atom. The average Bonchev–Trinajstić information content (AvgIpc) is 2.64. The minimum atomic E-state index is 0.849. The summed E-state index contributed by atoms with van der Waals surface area (Å²) in [6.45, 7) is 6.85. The van der Waals surface area contributed by atoms with Crippen molar-refractivity contribution < 1.29 is 9.47 Å². The number of piperazine rings is 1. The van der Waals surface area contributed by atoms with Crippen molar-refractivity contribution in [2.75, 3.05) is 46.9 Å². The molecule has 1 fully saturated rings. The molecular formula is C20H30N2O2. The molecule has 0 saturated carbocycles. The Morgan fingerprint density at radius 3 is 2.46 bits per heavy atom. The van der Waals surface area contributed by atoms with Gasteiger partial charge in [0.05, 0.1) is 14.2 Å². The lowest BCUT2D eigenvalue weighted by Crippen LogP contribution is -2.47. The molecular weight excluding hydrogens is 300 g/mol. The van der Waals surface area contributed by atoms with Gasteiger partial charge < -0.3 is 14.4 Å². The van der Waals surface area contributed by atoms with Crippen LogP contribution >= 0.6 is 0 Å². The molecule has 0 N–H and O–H groups in total. The van der Waals surface area contributed by atoms with E-state index in [0.29, 0.717) is 0 Å². The summed E-state index contributed by atoms with van der Waals surface area (Å²) in [6.07, 6.45) is 8.59. The highest BCUT2D eigenvalue weighted by Crippen LogP contribution is 2.26. The number of allylic oxidation sites excluding steroid dienone is 2. The van der Waals surface area contributed by atoms with Crippen LogP contribution in [0.2, 0.25) is 0 Å². The van der Waals surface area contributed by atoms with Gasteiger partial charge in [-0.05, 0) is 31.2 Å². The molecule has 132 valence electrons. The number of rotatable bonds is 6. The Kier molecular flexibility index (Phi) is 6.16. The van der Waals surface area contributed by atoms with Gasteiger partial charge in [0.1, 0.15) is 11.5 Å². The summed E-state index contributed by atoms with van der Waals surface area (Å²) >= 11 is 0. The van der Waals surface area contributed by atoms with E-state index in [4.69, 9.17) is 9.47 Å². The van der Waals surface area contributed by atoms with Gasteiger partial charge >= 0.3 is 0 Å². The van der Waals surface area contributed by atoms with Crippen LogP contribution in [0.3, 0.4) is 0 Å². The predicted molar refractivity (Wildman–Crippen MR) is 97.7 cm³/mol. The van der Waals surface area contributed by atoms with Crippen molar-refractivity contribution in [3.63, 3.8) is 0 Å². The standard InChI is InChI=1S/C20H30N2O2/c1-23-19-9-8-18(20(14-19)24-2)16-22-12-10-21(11-13-22)15-17-6-4-3-5-7-17/h3-4,8-9,14,17H,5-7,10-13,15-16H2,1-2H3/t17-/m1/s1. The van der Waals surface area contributed by atoms with Gasteiger partial charge in [-0.15, -0.1) is 0 Å². The lowest BCUT2D eigenvalue weighted by Gasteiger charge is -2.37. The molecule has 4 heteroatoms. The number of methoxy groups -OCH3 is 2. The summed E-state index contributed by atoms with van der Waals surface area (Å²) in [7, 11) is 3.42. The number of benzene rings is 1. The van der Waals surface area contributed by atoms with Gasteiger partial charge in [0.25, 0.3) is 0 Å². The molecule has 1 atom stereocenters. The second kappa shape index (κ2) is 8.54. The van der Waals surface area contributed by atoms with E-state index in [1.54, 1.807) is 14.2 Å². The molecule has 4 nitrogen and oxygen atoms in total. The second-order valence-corrected chi connectivity index (χ2v) is 6.91. The van der Waals surface area contributed by atoms with Crippen LogP contribution < -0.4 is 9.47 Å². The third-order valence-electron chi connectivity index (χ3n) is 5.25. The lowest BCUT2D eigenvalue weighted by atomic mass is 9.94. The SMILES string of the molecule is COc1ccc(CN2CCN(C[C@@H]3CC=CCC3)CC2)c(OC)c1. The summed E-state index contributed by atoms with van der Waals surface area (Å²) < 4.78 is 10.8. The first kappa shape index (κ1) is 17.3. The van der Waals surface area contributed by atoms with Gasteiger partial charge in [-0.1, -0.05) is 18.2 Å². The molecule has 24 heavy (non-hydrogen) atoms. The van der Waals surface area contributed by atoms with E-state index in [1.165, 1.54) is 44.5 Å². The highest BCUT2D eigenvalue weighted by Gasteiger charge is 2.21. The third-order valence-corrected chi connectivity index (χ3v) is 5.25. The topological polar surface area (TPSA) is 24.9 Å². The van der Waals surface area contributed by atoms with Crippen LogP contribution in [0, 0.1) is 5.92 Å². The van der Waals surface area contributed by atoms with Crippen LogP contribution in [0.1, 0.15) is 24.8 Å². The molecule has 1 heterocycles. The summed E-state index contributed by atoms with van der Waals surface area (Å²) in [4.78, 5) is 5.17. The Morgan fingerprint density at radius 1 is 1.00 bits per heavy atom. The van der Waals surface area contributed by atoms with E-state index in [-0.39, 0.29) is 0 Å². The van der Waals surface area contributed by atoms with E-state index in [1.807, 2.05) is 12.1 Å². The van der Waals surface area contributed by atoms with Gasteiger partial charge in [-0.2, -0.15) is 0 Å². The molecule has 0 radical (unpaired) electrons. The van der Waals surface area contributed by atoms with Crippen molar-refractivity contribution in [1.82, 2.24) is 9.80 Å². The molecule has 1 aromatic carbocycles. The van der Waals surface area contributed by atoms with Crippen molar-refractivity contribution >= 4 is 0 Å². The zero-order chi connectivity index (χ0) is 16.8. The van der Waals surface area contributed by atoms with Crippen LogP contribution in [0.25, 0.3) is 0 Å². The number of hydrogen-bond donors (Lipinski definition) is 0. The molecule has 0 aromatic heterocycles. The first-order valence-corrected chi connectivity index (χ1v) is 9.09. The molecule has 0 bridgehead atoms. The van der Waals surface area contributed by atoms with E-state index in [2.05, 4.69) is 28.0 Å². The van der Waals surface area contributed by atoms with Crippen molar-refractivity contribution in [3.8, 4) is 11.5 Å². The highest BCUT2D eigenvalue weighted by atomic mass is 16.5. The molecule has 3 rings (SSSR count). The second-order valence-electron chi connectivity index (χ2n) is 6.91. The molecule has 1 aliphatic heterocycles. The first-order valence-electron chi connectivity index (χ1n) is 9.09. The van der Waals surface area contributed by atoms with Gasteiger partial charge in [-0.3, -0.25) is 4.90 Å². The number of ether oxygens (including phenoxy) is 2. The molecule has 1 saturated heterocycles. The summed E-state index contributed by atoms with van der Waals surface area (Å²) in [5.74, 6) is 2.64. The molecule has 0 unspecified atom stereocenters. The molecule has 2 aliphatic rings. The fourth-order valence-corrected chi connectivity index (χ4v) is 3.74. The number of hydrogen-bond acceptors (Lipinski definition) is 4. The molecule has 1 aliphatic carbocycles. The van der Waals surface area contributed by atoms with E-state index < -0.39 is 0 Å². The first-order chi connectivity index (χ1) is 11.8. The maximum Gasteiger partial charge on any atom is 0.127 e. The van der Waals surface area contributed by atoms with Gasteiger partial charge in [0.2, 0.25) is 0 Å². The molecule has 0 amide bonds. The van der Waals surface area contributed by atoms with Crippen LogP contribution in [0.4, 0.5) is 0 Å². The van der Waals surface area contributed by atoms with Gasteiger partial charge in [0, 0.05) is 50.9 Å². The Hall–Kier alpha value is -1.52. The Labute approximate surface area is 146 Å². The lowest BCUT2D eigenvalue weighted by molar-refractivity contribution is 0.110. The van der Waals surface area contributed by atoms with Crippen LogP contribution in [0.15, 0.2) is 30.4 Å². The summed E-state index contributed by atoms with van der Waals surface area (Å²) in [5, 5.41) is 0. The van der Waals surface area contributed by atoms with Crippen LogP contribution in [-0.4, -0.2) is 56.7 Å². The quantitative estimate of drug-likeness (QED) is 0.748. The summed E-state index contributed by atoms with van der Waals surface area (Å²) in [6, 6.07) is 6.12. The van der Waals surface area contributed by atoms with Crippen LogP contribution in [0.5, 0.6) is 11.5 Å². The monoisotopic (exact) mass is 330 g/mol. The predicted octanol–water partition coefficient (Wildman–Crippen LogP) is 3.18. The van der Waals surface area contributed by atoms with E-state index in [0.717, 1.165) is 37.1 Å². The normalized spacial score (nSPS) is 22.5. The number of nitrogens with zero attached hydrogens (tertiary/aromatic N) is 2. The molecule has 1 aromatic rings. The minimum absolute atomic E-state index is 0.849. The molecule has 0 spiro atoms. The van der Waals surface area contributed by atoms with Crippen molar-refractivity contribution in [3.05, 3.63) is 35.9 Å². The fourth-order valence-electron chi connectivity index (χ4n) is 3.74. The zero-order valence-electron chi connectivity index (χ0n) is 15.0. The van der Waals surface area contributed by atoms with Gasteiger partial charge in [-0.25, -0.2) is 0 Å². The third kappa shape index (κ3) is 4.52. The zero-order valence-corrected chi connectivity index (χ0v) is 15.0. The minimum Gasteiger partial charge on any atom is -0.497 e. The van der Waals surface area contributed by atoms with Crippen molar-refractivity contribution in [2.24, 2.45) is 5.92 Å². The van der Waals surface area contributed by atoms with Gasteiger partial charge in [0.15, 0.2) is 0 Å². The van der Waals surface area contributed by atoms with E-state index in [9.17, 15) is 0 Å². The van der Waals surface area contributed by atoms with Crippen molar-refractivity contribution in [1.29, 1.82) is 0 Å². The fraction of sp³-hybridized carbons (Fsp3) is 0.600. The van der Waals surface area contributed by atoms with E-state index >= 15 is 0 Å².